The Balaban J connectivity index is 1.62. The fourth-order valence-electron chi connectivity index (χ4n) is 4.02. The maximum atomic E-state index is 13.3. The van der Waals surface area contributed by atoms with E-state index in [4.69, 9.17) is 4.74 Å². The fourth-order valence-corrected chi connectivity index (χ4v) is 4.02. The van der Waals surface area contributed by atoms with Crippen LogP contribution in [-0.2, 0) is 15.7 Å². The van der Waals surface area contributed by atoms with Gasteiger partial charge in [0.1, 0.15) is 17.0 Å². The molecule has 1 fully saturated rings. The van der Waals surface area contributed by atoms with Crippen molar-refractivity contribution in [1.82, 2.24) is 24.7 Å². The summed E-state index contributed by atoms with van der Waals surface area (Å²) in [6, 6.07) is 3.43. The number of ether oxygens (including phenoxy) is 1. The third kappa shape index (κ3) is 7.83. The zero-order chi connectivity index (χ0) is 30.8. The first-order valence-electron chi connectivity index (χ1n) is 12.5. The molecular weight excluding hydrogens is 549 g/mol. The summed E-state index contributed by atoms with van der Waals surface area (Å²) < 4.78 is 45.9. The lowest BCUT2D eigenvalue weighted by atomic mass is 10.0. The molecule has 2 aromatic rings. The normalized spacial score (nSPS) is 14.3. The first-order valence-corrected chi connectivity index (χ1v) is 12.5. The summed E-state index contributed by atoms with van der Waals surface area (Å²) in [6.45, 7) is 8.87. The molecule has 15 heteroatoms. The highest BCUT2D eigenvalue weighted by Gasteiger charge is 2.37. The van der Waals surface area contributed by atoms with Crippen LogP contribution in [-0.4, -0.2) is 81.0 Å². The Morgan fingerprint density at radius 3 is 2.12 bits per heavy atom. The second kappa shape index (κ2) is 11.6. The van der Waals surface area contributed by atoms with Crippen LogP contribution in [0.2, 0.25) is 0 Å². The van der Waals surface area contributed by atoms with Gasteiger partial charge in [-0.3, -0.25) is 19.5 Å². The molecule has 0 unspecified atom stereocenters. The Morgan fingerprint density at radius 2 is 1.59 bits per heavy atom. The minimum absolute atomic E-state index is 0.0732. The van der Waals surface area contributed by atoms with E-state index in [1.54, 1.807) is 34.6 Å². The van der Waals surface area contributed by atoms with E-state index in [-0.39, 0.29) is 49.9 Å². The number of aldehydes is 1. The summed E-state index contributed by atoms with van der Waals surface area (Å²) in [7, 11) is 0. The molecule has 2 N–H and O–H groups in total. The van der Waals surface area contributed by atoms with Crippen molar-refractivity contribution >= 4 is 30.1 Å². The number of rotatable bonds is 5. The number of amides is 4. The lowest BCUT2D eigenvalue weighted by molar-refractivity contribution is -0.138. The first-order chi connectivity index (χ1) is 18.9. The number of piperazine rings is 1. The Kier molecular flexibility index (Phi) is 8.79. The van der Waals surface area contributed by atoms with E-state index in [2.05, 4.69) is 15.6 Å². The molecule has 4 amide bonds. The summed E-state index contributed by atoms with van der Waals surface area (Å²) >= 11 is 0. The number of nitrogens with one attached hydrogen (secondary N) is 2. The minimum Gasteiger partial charge on any atom is -0.444 e. The second-order valence-electron chi connectivity index (χ2n) is 10.8. The predicted octanol–water partition coefficient (Wildman–Crippen LogP) is 3.04. The average Bonchev–Trinajstić information content (AvgIpc) is 2.86. The van der Waals surface area contributed by atoms with Gasteiger partial charge < -0.3 is 19.9 Å². The molecule has 1 aromatic carbocycles. The molecule has 3 rings (SSSR count). The molecule has 1 aromatic heterocycles. The van der Waals surface area contributed by atoms with Gasteiger partial charge in [0.25, 0.3) is 0 Å². The number of nitrogens with zero attached hydrogens (tertiary/aromatic N) is 4. The highest BCUT2D eigenvalue weighted by atomic mass is 19.4. The Bertz CT molecular complexity index is 1390. The van der Waals surface area contributed by atoms with Gasteiger partial charge in [-0.05, 0) is 58.9 Å². The number of hydrogen-bond acceptors (Lipinski definition) is 7. The molecule has 0 saturated carbocycles. The van der Waals surface area contributed by atoms with Crippen LogP contribution in [0, 0.1) is 0 Å². The van der Waals surface area contributed by atoms with E-state index in [1.165, 1.54) is 21.9 Å². The number of halogens is 3. The number of alkyl carbamates (subject to hydrolysis) is 1. The third-order valence-corrected chi connectivity index (χ3v) is 5.99. The molecule has 0 spiro atoms. The van der Waals surface area contributed by atoms with Gasteiger partial charge in [-0.25, -0.2) is 14.4 Å². The average molecular weight is 581 g/mol. The highest BCUT2D eigenvalue weighted by Crippen LogP contribution is 2.32. The SMILES string of the molecule is CC(C)(C)OC(=O)NC(C)(C)C(=O)N1CCN(C(=O)Nc2ccn(-c3ccc(C=O)c(C(F)(F)F)c3)c(=O)n2)CC1. The maximum Gasteiger partial charge on any atom is 0.417 e. The van der Waals surface area contributed by atoms with E-state index >= 15 is 0 Å². The van der Waals surface area contributed by atoms with Crippen LogP contribution in [0.25, 0.3) is 5.69 Å². The molecule has 222 valence electrons. The van der Waals surface area contributed by atoms with Crippen molar-refractivity contribution in [3.05, 3.63) is 52.1 Å². The summed E-state index contributed by atoms with van der Waals surface area (Å²) in [5, 5.41) is 5.02. The topological polar surface area (TPSA) is 143 Å². The van der Waals surface area contributed by atoms with Gasteiger partial charge >= 0.3 is 24.0 Å². The second-order valence-corrected chi connectivity index (χ2v) is 10.8. The van der Waals surface area contributed by atoms with Crippen LogP contribution in [0.5, 0.6) is 0 Å². The first kappa shape index (κ1) is 31.1. The number of carbonyl (C=O) groups excluding carboxylic acids is 4. The lowest BCUT2D eigenvalue weighted by Gasteiger charge is -2.38. The van der Waals surface area contributed by atoms with Crippen molar-refractivity contribution in [2.75, 3.05) is 31.5 Å². The zero-order valence-corrected chi connectivity index (χ0v) is 23.2. The van der Waals surface area contributed by atoms with E-state index in [9.17, 15) is 37.1 Å². The van der Waals surface area contributed by atoms with Crippen LogP contribution in [0.15, 0.2) is 35.3 Å². The van der Waals surface area contributed by atoms with Crippen molar-refractivity contribution < 1.29 is 37.1 Å². The quantitative estimate of drug-likeness (QED) is 0.518. The van der Waals surface area contributed by atoms with E-state index < -0.39 is 46.3 Å². The molecule has 41 heavy (non-hydrogen) atoms. The summed E-state index contributed by atoms with van der Waals surface area (Å²) in [5.41, 5.74) is -4.88. The monoisotopic (exact) mass is 580 g/mol. The van der Waals surface area contributed by atoms with Crippen LogP contribution < -0.4 is 16.3 Å². The lowest BCUT2D eigenvalue weighted by Crippen LogP contribution is -2.60. The van der Waals surface area contributed by atoms with E-state index in [0.717, 1.165) is 16.8 Å². The Hall–Kier alpha value is -4.43. The van der Waals surface area contributed by atoms with Crippen molar-refractivity contribution in [2.45, 2.75) is 51.9 Å². The molecule has 0 aliphatic carbocycles. The van der Waals surface area contributed by atoms with Gasteiger partial charge in [-0.2, -0.15) is 18.2 Å². The van der Waals surface area contributed by atoms with Gasteiger partial charge in [0, 0.05) is 37.9 Å². The molecule has 0 atom stereocenters. The Labute approximate surface area is 233 Å². The number of alkyl halides is 3. The van der Waals surface area contributed by atoms with Crippen molar-refractivity contribution in [1.29, 1.82) is 0 Å². The largest absolute Gasteiger partial charge is 0.444 e. The van der Waals surface area contributed by atoms with Crippen LogP contribution >= 0.6 is 0 Å². The fraction of sp³-hybridized carbons (Fsp3) is 0.462. The molecule has 12 nitrogen and oxygen atoms in total. The van der Waals surface area contributed by atoms with Crippen molar-refractivity contribution in [2.24, 2.45) is 0 Å². The predicted molar refractivity (Wildman–Crippen MR) is 141 cm³/mol. The zero-order valence-electron chi connectivity index (χ0n) is 23.2. The Morgan fingerprint density at radius 1 is 0.976 bits per heavy atom. The van der Waals surface area contributed by atoms with E-state index in [1.807, 2.05) is 0 Å². The number of benzene rings is 1. The number of anilines is 1. The number of carbonyl (C=O) groups is 4. The standard InChI is InChI=1S/C26H31F3N6O6/c1-24(2,3)41-23(40)32-25(4,5)20(37)33-10-12-34(13-11-33)21(38)30-19-8-9-35(22(39)31-19)17-7-6-16(15-36)18(14-17)26(27,28)29/h6-9,14-15H,10-13H2,1-5H3,(H,32,40)(H,30,31,38,39). The molecule has 1 saturated heterocycles. The van der Waals surface area contributed by atoms with Gasteiger partial charge in [-0.1, -0.05) is 0 Å². The molecule has 2 heterocycles. The number of aromatic nitrogens is 2. The molecule has 1 aliphatic heterocycles. The van der Waals surface area contributed by atoms with Gasteiger partial charge in [0.2, 0.25) is 5.91 Å². The van der Waals surface area contributed by atoms with Crippen LogP contribution in [0.3, 0.4) is 0 Å². The molecule has 0 bridgehead atoms. The number of urea groups is 1. The van der Waals surface area contributed by atoms with Gasteiger partial charge in [-0.15, -0.1) is 0 Å². The van der Waals surface area contributed by atoms with E-state index in [0.29, 0.717) is 6.07 Å². The summed E-state index contributed by atoms with van der Waals surface area (Å²) in [5.74, 6) is -0.485. The molecular formula is C26H31F3N6O6. The highest BCUT2D eigenvalue weighted by molar-refractivity contribution is 5.90. The minimum atomic E-state index is -4.81. The van der Waals surface area contributed by atoms with Crippen molar-refractivity contribution in [3.63, 3.8) is 0 Å². The van der Waals surface area contributed by atoms with Gasteiger partial charge in [0.05, 0.1) is 11.3 Å². The smallest absolute Gasteiger partial charge is 0.417 e. The molecule has 0 radical (unpaired) electrons. The van der Waals surface area contributed by atoms with Crippen LogP contribution in [0.4, 0.5) is 28.6 Å². The number of hydrogen-bond donors (Lipinski definition) is 2. The maximum absolute atomic E-state index is 13.3. The van der Waals surface area contributed by atoms with Crippen molar-refractivity contribution in [3.8, 4) is 5.69 Å². The van der Waals surface area contributed by atoms with Crippen LogP contribution in [0.1, 0.15) is 50.5 Å². The third-order valence-electron chi connectivity index (χ3n) is 5.99. The summed E-state index contributed by atoms with van der Waals surface area (Å²) in [4.78, 5) is 68.0. The molecule has 1 aliphatic rings. The summed E-state index contributed by atoms with van der Waals surface area (Å²) in [6.07, 6.45) is -4.32. The van der Waals surface area contributed by atoms with Gasteiger partial charge in [0.15, 0.2) is 6.29 Å².